The number of imide groups is 2. The zero-order valence-corrected chi connectivity index (χ0v) is 18.6. The fourth-order valence-electron chi connectivity index (χ4n) is 2.72. The van der Waals surface area contributed by atoms with Gasteiger partial charge in [0.05, 0.1) is 5.69 Å². The molecule has 0 radical (unpaired) electrons. The number of carboxylic acids is 1. The van der Waals surface area contributed by atoms with Crippen LogP contribution in [0.1, 0.15) is 11.1 Å². The summed E-state index contributed by atoms with van der Waals surface area (Å²) in [7, 11) is 0. The van der Waals surface area contributed by atoms with E-state index < -0.39 is 30.4 Å². The van der Waals surface area contributed by atoms with Crippen molar-refractivity contribution in [3.8, 4) is 5.75 Å². The number of aryl methyl sites for hydroxylation is 1. The number of hydrogen-bond acceptors (Lipinski definition) is 5. The lowest BCUT2D eigenvalue weighted by Crippen LogP contribution is -2.54. The highest BCUT2D eigenvalue weighted by Gasteiger charge is 2.37. The summed E-state index contributed by atoms with van der Waals surface area (Å²) in [5.74, 6) is -2.68. The molecule has 0 atom stereocenters. The molecule has 8 nitrogen and oxygen atoms in total. The number of carbonyl (C=O) groups excluding carboxylic acids is 3. The lowest BCUT2D eigenvalue weighted by atomic mass is 10.1. The van der Waals surface area contributed by atoms with E-state index in [9.17, 15) is 19.2 Å². The molecule has 1 fully saturated rings. The molecule has 3 rings (SSSR count). The average Bonchev–Trinajstić information content (AvgIpc) is 2.67. The van der Waals surface area contributed by atoms with Crippen molar-refractivity contribution < 1.29 is 29.0 Å². The average molecular weight is 538 g/mol. The molecule has 0 bridgehead atoms. The standard InChI is InChI=1S/C20H14Br2N2O6/c1-10-6-13(3-4-15(10)22)24-19(28)14(18(27)23-20(24)29)8-11-7-12(21)2-5-16(11)30-9-17(25)26/h2-8H,9H2,1H3,(H,25,26)(H,23,27,29). The van der Waals surface area contributed by atoms with Crippen molar-refractivity contribution in [2.75, 3.05) is 11.5 Å². The van der Waals surface area contributed by atoms with Gasteiger partial charge in [0, 0.05) is 14.5 Å². The highest BCUT2D eigenvalue weighted by molar-refractivity contribution is 9.10. The van der Waals surface area contributed by atoms with Crippen molar-refractivity contribution in [1.29, 1.82) is 0 Å². The van der Waals surface area contributed by atoms with Gasteiger partial charge in [0.25, 0.3) is 11.8 Å². The number of urea groups is 1. The Labute approximate surface area is 187 Å². The number of anilines is 1. The zero-order chi connectivity index (χ0) is 22.0. The van der Waals surface area contributed by atoms with E-state index in [1.165, 1.54) is 12.1 Å². The van der Waals surface area contributed by atoms with Gasteiger partial charge in [0.2, 0.25) is 0 Å². The molecule has 0 aromatic heterocycles. The van der Waals surface area contributed by atoms with Gasteiger partial charge in [0.15, 0.2) is 6.61 Å². The number of nitrogens with one attached hydrogen (secondary N) is 1. The number of barbiturate groups is 1. The summed E-state index contributed by atoms with van der Waals surface area (Å²) in [6.45, 7) is 1.20. The summed E-state index contributed by atoms with van der Waals surface area (Å²) in [6.07, 6.45) is 1.25. The molecule has 0 unspecified atom stereocenters. The van der Waals surface area contributed by atoms with Crippen molar-refractivity contribution in [3.05, 3.63) is 62.0 Å². The molecule has 1 aliphatic heterocycles. The zero-order valence-electron chi connectivity index (χ0n) is 15.4. The number of halogens is 2. The van der Waals surface area contributed by atoms with Gasteiger partial charge >= 0.3 is 12.0 Å². The number of nitrogens with zero attached hydrogens (tertiary/aromatic N) is 1. The van der Waals surface area contributed by atoms with Crippen LogP contribution in [-0.4, -0.2) is 35.5 Å². The summed E-state index contributed by atoms with van der Waals surface area (Å²) < 4.78 is 6.66. The number of benzene rings is 2. The summed E-state index contributed by atoms with van der Waals surface area (Å²) >= 11 is 6.65. The normalized spacial score (nSPS) is 15.4. The molecular formula is C20H14Br2N2O6. The number of carbonyl (C=O) groups is 4. The van der Waals surface area contributed by atoms with Crippen LogP contribution < -0.4 is 15.0 Å². The molecule has 1 heterocycles. The Hall–Kier alpha value is -2.98. The van der Waals surface area contributed by atoms with Crippen LogP contribution in [-0.2, 0) is 14.4 Å². The van der Waals surface area contributed by atoms with Crippen molar-refractivity contribution in [2.45, 2.75) is 6.92 Å². The van der Waals surface area contributed by atoms with Crippen LogP contribution in [0.2, 0.25) is 0 Å². The number of amides is 4. The largest absolute Gasteiger partial charge is 0.481 e. The van der Waals surface area contributed by atoms with Gasteiger partial charge in [0.1, 0.15) is 11.3 Å². The Morgan fingerprint density at radius 2 is 1.90 bits per heavy atom. The minimum absolute atomic E-state index is 0.164. The lowest BCUT2D eigenvalue weighted by molar-refractivity contribution is -0.139. The van der Waals surface area contributed by atoms with Crippen molar-refractivity contribution in [2.24, 2.45) is 0 Å². The molecule has 0 saturated carbocycles. The highest BCUT2D eigenvalue weighted by Crippen LogP contribution is 2.29. The molecule has 0 aliphatic carbocycles. The van der Waals surface area contributed by atoms with Gasteiger partial charge in [-0.3, -0.25) is 14.9 Å². The maximum Gasteiger partial charge on any atom is 0.341 e. The monoisotopic (exact) mass is 536 g/mol. The van der Waals surface area contributed by atoms with Gasteiger partial charge in [-0.25, -0.2) is 14.5 Å². The fraction of sp³-hybridized carbons (Fsp3) is 0.100. The lowest BCUT2D eigenvalue weighted by Gasteiger charge is -2.26. The van der Waals surface area contributed by atoms with Crippen LogP contribution in [0.15, 0.2) is 50.9 Å². The van der Waals surface area contributed by atoms with E-state index in [0.717, 1.165) is 14.9 Å². The van der Waals surface area contributed by atoms with E-state index in [2.05, 4.69) is 37.2 Å². The Morgan fingerprint density at radius 1 is 1.17 bits per heavy atom. The summed E-state index contributed by atoms with van der Waals surface area (Å²) in [5.41, 5.74) is 1.10. The fourth-order valence-corrected chi connectivity index (χ4v) is 3.34. The maximum absolute atomic E-state index is 13.0. The van der Waals surface area contributed by atoms with Gasteiger partial charge in [-0.2, -0.15) is 0 Å². The number of carboxylic acid groups (broad SMARTS) is 1. The molecule has 1 aliphatic rings. The van der Waals surface area contributed by atoms with Crippen molar-refractivity contribution in [3.63, 3.8) is 0 Å². The Kier molecular flexibility index (Phi) is 6.37. The molecule has 154 valence electrons. The van der Waals surface area contributed by atoms with Crippen molar-refractivity contribution >= 4 is 67.4 Å². The van der Waals surface area contributed by atoms with Gasteiger partial charge in [-0.05, 0) is 55.0 Å². The second kappa shape index (κ2) is 8.80. The predicted octanol–water partition coefficient (Wildman–Crippen LogP) is 3.65. The predicted molar refractivity (Wildman–Crippen MR) is 115 cm³/mol. The third-order valence-corrected chi connectivity index (χ3v) is 5.51. The number of rotatable bonds is 5. The quantitative estimate of drug-likeness (QED) is 0.444. The van der Waals surface area contributed by atoms with E-state index >= 15 is 0 Å². The van der Waals surface area contributed by atoms with E-state index in [4.69, 9.17) is 9.84 Å². The third kappa shape index (κ3) is 4.60. The second-order valence-corrected chi connectivity index (χ2v) is 8.03. The summed E-state index contributed by atoms with van der Waals surface area (Å²) in [6, 6.07) is 8.74. The molecule has 1 saturated heterocycles. The molecule has 2 aromatic carbocycles. The Balaban J connectivity index is 2.03. The first-order chi connectivity index (χ1) is 14.2. The second-order valence-electron chi connectivity index (χ2n) is 6.26. The molecule has 10 heteroatoms. The SMILES string of the molecule is Cc1cc(N2C(=O)NC(=O)C(=Cc3cc(Br)ccc3OCC(=O)O)C2=O)ccc1Br. The Morgan fingerprint density at radius 3 is 2.57 bits per heavy atom. The first kappa shape index (κ1) is 21.7. The first-order valence-corrected chi connectivity index (χ1v) is 10.1. The Bertz CT molecular complexity index is 1110. The summed E-state index contributed by atoms with van der Waals surface area (Å²) in [5, 5.41) is 11.0. The van der Waals surface area contributed by atoms with E-state index in [0.29, 0.717) is 15.7 Å². The first-order valence-electron chi connectivity index (χ1n) is 8.49. The highest BCUT2D eigenvalue weighted by atomic mass is 79.9. The summed E-state index contributed by atoms with van der Waals surface area (Å²) in [4.78, 5) is 49.4. The van der Waals surface area contributed by atoms with Crippen LogP contribution >= 0.6 is 31.9 Å². The number of hydrogen-bond donors (Lipinski definition) is 2. The molecular weight excluding hydrogens is 524 g/mol. The minimum Gasteiger partial charge on any atom is -0.481 e. The van der Waals surface area contributed by atoms with Crippen molar-refractivity contribution in [1.82, 2.24) is 5.32 Å². The smallest absolute Gasteiger partial charge is 0.341 e. The van der Waals surface area contributed by atoms with E-state index in [-0.39, 0.29) is 11.3 Å². The molecule has 30 heavy (non-hydrogen) atoms. The van der Waals surface area contributed by atoms with Crippen LogP contribution in [0.3, 0.4) is 0 Å². The van der Waals surface area contributed by atoms with Gasteiger partial charge in [-0.15, -0.1) is 0 Å². The van der Waals surface area contributed by atoms with Crippen LogP contribution in [0.5, 0.6) is 5.75 Å². The number of aliphatic carboxylic acids is 1. The third-order valence-electron chi connectivity index (χ3n) is 4.12. The molecule has 2 N–H and O–H groups in total. The van der Waals surface area contributed by atoms with Gasteiger partial charge in [-0.1, -0.05) is 31.9 Å². The molecule has 0 spiro atoms. The van der Waals surface area contributed by atoms with Crippen LogP contribution in [0.25, 0.3) is 6.08 Å². The van der Waals surface area contributed by atoms with E-state index in [1.54, 1.807) is 37.3 Å². The maximum atomic E-state index is 13.0. The molecule has 2 aromatic rings. The molecule has 4 amide bonds. The van der Waals surface area contributed by atoms with E-state index in [1.807, 2.05) is 0 Å². The van der Waals surface area contributed by atoms with Crippen LogP contribution in [0.4, 0.5) is 10.5 Å². The van der Waals surface area contributed by atoms with Gasteiger partial charge < -0.3 is 9.84 Å². The topological polar surface area (TPSA) is 113 Å². The number of ether oxygens (including phenoxy) is 1. The van der Waals surface area contributed by atoms with Crippen LogP contribution in [0, 0.1) is 6.92 Å². The minimum atomic E-state index is -1.18.